The van der Waals surface area contributed by atoms with Crippen molar-refractivity contribution in [2.75, 3.05) is 7.11 Å². The summed E-state index contributed by atoms with van der Waals surface area (Å²) in [6.45, 7) is 0.254. The lowest BCUT2D eigenvalue weighted by atomic mass is 10.3. The zero-order chi connectivity index (χ0) is 8.27. The van der Waals surface area contributed by atoms with Crippen LogP contribution in [0.1, 0.15) is 16.2 Å². The minimum atomic E-state index is -0.466. The first-order chi connectivity index (χ1) is 5.29. The number of methoxy groups -OCH3 is 1. The van der Waals surface area contributed by atoms with Crippen LogP contribution >= 0.6 is 0 Å². The molecular weight excluding hydrogens is 146 g/mol. The molecule has 0 unspecified atom stereocenters. The molecule has 5 heteroatoms. The van der Waals surface area contributed by atoms with Gasteiger partial charge in [0.1, 0.15) is 0 Å². The number of hydrogen-bond donors (Lipinski definition) is 2. The second-order valence-electron chi connectivity index (χ2n) is 1.93. The Morgan fingerprint density at radius 2 is 2.64 bits per heavy atom. The van der Waals surface area contributed by atoms with Crippen molar-refractivity contribution in [2.45, 2.75) is 6.54 Å². The molecule has 0 aliphatic carbocycles. The number of ether oxygens (including phenoxy) is 1. The number of nitrogens with two attached hydrogens (primary N) is 1. The summed E-state index contributed by atoms with van der Waals surface area (Å²) in [5, 5.41) is 0. The van der Waals surface area contributed by atoms with Crippen LogP contribution in [0.5, 0.6) is 0 Å². The fraction of sp³-hybridized carbons (Fsp3) is 0.333. The maximum absolute atomic E-state index is 10.9. The summed E-state index contributed by atoms with van der Waals surface area (Å²) < 4.78 is 4.46. The summed E-state index contributed by atoms with van der Waals surface area (Å²) in [5.74, 6) is -0.466. The van der Waals surface area contributed by atoms with Crippen LogP contribution in [-0.4, -0.2) is 23.0 Å². The van der Waals surface area contributed by atoms with Crippen molar-refractivity contribution in [3.05, 3.63) is 17.7 Å². The van der Waals surface area contributed by atoms with E-state index in [9.17, 15) is 4.79 Å². The topological polar surface area (TPSA) is 81.0 Å². The molecule has 0 spiro atoms. The highest BCUT2D eigenvalue weighted by Crippen LogP contribution is 2.02. The molecule has 3 N–H and O–H groups in total. The molecule has 1 aromatic heterocycles. The highest BCUT2D eigenvalue weighted by Gasteiger charge is 2.12. The number of rotatable bonds is 2. The van der Waals surface area contributed by atoms with Crippen LogP contribution < -0.4 is 5.73 Å². The second kappa shape index (κ2) is 3.16. The molecule has 0 saturated carbocycles. The standard InChI is InChI=1S/C6H9N3O2/c1-11-6(10)5-4(2-7)8-3-9-5/h3H,2,7H2,1H3,(H,8,9). The van der Waals surface area contributed by atoms with Gasteiger partial charge in [-0.05, 0) is 0 Å². The summed E-state index contributed by atoms with van der Waals surface area (Å²) in [4.78, 5) is 17.4. The minimum Gasteiger partial charge on any atom is -0.464 e. The molecule has 0 aliphatic heterocycles. The first-order valence-corrected chi connectivity index (χ1v) is 3.10. The van der Waals surface area contributed by atoms with Gasteiger partial charge in [-0.1, -0.05) is 0 Å². The number of carbonyl (C=O) groups excluding carboxylic acids is 1. The SMILES string of the molecule is COC(=O)c1nc[nH]c1CN. The zero-order valence-electron chi connectivity index (χ0n) is 6.13. The van der Waals surface area contributed by atoms with Crippen molar-refractivity contribution >= 4 is 5.97 Å². The Bertz CT molecular complexity index is 256. The number of carbonyl (C=O) groups is 1. The zero-order valence-corrected chi connectivity index (χ0v) is 6.13. The Labute approximate surface area is 63.6 Å². The van der Waals surface area contributed by atoms with Crippen LogP contribution in [-0.2, 0) is 11.3 Å². The predicted octanol–water partition coefficient (Wildman–Crippen LogP) is -0.345. The molecule has 0 aromatic carbocycles. The van der Waals surface area contributed by atoms with Gasteiger partial charge in [0.15, 0.2) is 5.69 Å². The first kappa shape index (κ1) is 7.74. The molecule has 0 fully saturated rings. The highest BCUT2D eigenvalue weighted by molar-refractivity contribution is 5.88. The summed E-state index contributed by atoms with van der Waals surface area (Å²) in [5.41, 5.74) is 6.16. The molecule has 0 saturated heterocycles. The average molecular weight is 155 g/mol. The van der Waals surface area contributed by atoms with E-state index >= 15 is 0 Å². The van der Waals surface area contributed by atoms with Gasteiger partial charge in [-0.25, -0.2) is 9.78 Å². The molecule has 11 heavy (non-hydrogen) atoms. The predicted molar refractivity (Wildman–Crippen MR) is 37.8 cm³/mol. The van der Waals surface area contributed by atoms with E-state index in [4.69, 9.17) is 5.73 Å². The average Bonchev–Trinajstić information content (AvgIpc) is 2.50. The number of hydrogen-bond acceptors (Lipinski definition) is 4. The molecule has 0 radical (unpaired) electrons. The number of aromatic amines is 1. The van der Waals surface area contributed by atoms with Gasteiger partial charge in [0.25, 0.3) is 0 Å². The second-order valence-corrected chi connectivity index (χ2v) is 1.93. The Morgan fingerprint density at radius 3 is 3.18 bits per heavy atom. The third-order valence-electron chi connectivity index (χ3n) is 1.30. The molecule has 1 aromatic rings. The third-order valence-corrected chi connectivity index (χ3v) is 1.30. The molecule has 0 aliphatic rings. The van der Waals surface area contributed by atoms with E-state index in [1.54, 1.807) is 0 Å². The summed E-state index contributed by atoms with van der Waals surface area (Å²) >= 11 is 0. The molecule has 60 valence electrons. The van der Waals surface area contributed by atoms with Crippen LogP contribution in [0.25, 0.3) is 0 Å². The first-order valence-electron chi connectivity index (χ1n) is 3.10. The van der Waals surface area contributed by atoms with E-state index in [0.29, 0.717) is 5.69 Å². The van der Waals surface area contributed by atoms with Gasteiger partial charge >= 0.3 is 5.97 Å². The lowest BCUT2D eigenvalue weighted by molar-refractivity contribution is 0.0593. The van der Waals surface area contributed by atoms with Crippen molar-refractivity contribution in [3.63, 3.8) is 0 Å². The van der Waals surface area contributed by atoms with Gasteiger partial charge in [0, 0.05) is 6.54 Å². The van der Waals surface area contributed by atoms with Gasteiger partial charge in [-0.15, -0.1) is 0 Å². The van der Waals surface area contributed by atoms with Gasteiger partial charge in [-0.3, -0.25) is 0 Å². The fourth-order valence-electron chi connectivity index (χ4n) is 0.749. The minimum absolute atomic E-state index is 0.254. The molecule has 5 nitrogen and oxygen atoms in total. The van der Waals surface area contributed by atoms with Gasteiger partial charge in [-0.2, -0.15) is 0 Å². The van der Waals surface area contributed by atoms with Gasteiger partial charge in [0.05, 0.1) is 19.1 Å². The largest absolute Gasteiger partial charge is 0.464 e. The number of nitrogens with zero attached hydrogens (tertiary/aromatic N) is 1. The summed E-state index contributed by atoms with van der Waals surface area (Å²) in [6, 6.07) is 0. The number of H-pyrrole nitrogens is 1. The molecule has 0 amide bonds. The van der Waals surface area contributed by atoms with E-state index in [2.05, 4.69) is 14.7 Å². The Kier molecular flexibility index (Phi) is 2.22. The van der Waals surface area contributed by atoms with Crippen LogP contribution in [0.15, 0.2) is 6.33 Å². The van der Waals surface area contributed by atoms with Crippen molar-refractivity contribution in [3.8, 4) is 0 Å². The summed E-state index contributed by atoms with van der Waals surface area (Å²) in [6.07, 6.45) is 1.41. The lowest BCUT2D eigenvalue weighted by Crippen LogP contribution is -2.08. The van der Waals surface area contributed by atoms with Gasteiger partial charge in [0.2, 0.25) is 0 Å². The van der Waals surface area contributed by atoms with Crippen LogP contribution in [0.2, 0.25) is 0 Å². The lowest BCUT2D eigenvalue weighted by Gasteiger charge is -1.95. The maximum Gasteiger partial charge on any atom is 0.358 e. The monoisotopic (exact) mass is 155 g/mol. The van der Waals surface area contributed by atoms with E-state index in [1.165, 1.54) is 13.4 Å². The number of esters is 1. The quantitative estimate of drug-likeness (QED) is 0.572. The normalized spacial score (nSPS) is 9.64. The smallest absolute Gasteiger partial charge is 0.358 e. The molecule has 1 heterocycles. The molecule has 1 rings (SSSR count). The maximum atomic E-state index is 10.9. The van der Waals surface area contributed by atoms with E-state index in [0.717, 1.165) is 0 Å². The number of imidazole rings is 1. The molecule has 0 bridgehead atoms. The van der Waals surface area contributed by atoms with Crippen LogP contribution in [0.3, 0.4) is 0 Å². The number of nitrogens with one attached hydrogen (secondary N) is 1. The van der Waals surface area contributed by atoms with E-state index < -0.39 is 5.97 Å². The Balaban J connectivity index is 2.92. The highest BCUT2D eigenvalue weighted by atomic mass is 16.5. The van der Waals surface area contributed by atoms with E-state index in [-0.39, 0.29) is 12.2 Å². The Hall–Kier alpha value is -1.36. The molecule has 0 atom stereocenters. The van der Waals surface area contributed by atoms with Crippen molar-refractivity contribution in [1.29, 1.82) is 0 Å². The van der Waals surface area contributed by atoms with Crippen molar-refractivity contribution in [1.82, 2.24) is 9.97 Å². The van der Waals surface area contributed by atoms with Gasteiger partial charge < -0.3 is 15.5 Å². The van der Waals surface area contributed by atoms with Crippen LogP contribution in [0, 0.1) is 0 Å². The summed E-state index contributed by atoms with van der Waals surface area (Å²) in [7, 11) is 1.30. The number of aromatic nitrogens is 2. The van der Waals surface area contributed by atoms with Crippen LogP contribution in [0.4, 0.5) is 0 Å². The molecular formula is C6H9N3O2. The fourth-order valence-corrected chi connectivity index (χ4v) is 0.749. The van der Waals surface area contributed by atoms with Crippen molar-refractivity contribution < 1.29 is 9.53 Å². The third kappa shape index (κ3) is 1.38. The Morgan fingerprint density at radius 1 is 1.91 bits per heavy atom. The van der Waals surface area contributed by atoms with E-state index in [1.807, 2.05) is 0 Å². The van der Waals surface area contributed by atoms with Crippen molar-refractivity contribution in [2.24, 2.45) is 5.73 Å².